The number of hydrogen-bond acceptors (Lipinski definition) is 4. The molecule has 3 aromatic carbocycles. The minimum Gasteiger partial charge on any atom is -0.481 e. The van der Waals surface area contributed by atoms with E-state index < -0.39 is 5.82 Å². The molecule has 1 N–H and O–H groups in total. The van der Waals surface area contributed by atoms with Gasteiger partial charge in [0.25, 0.3) is 5.91 Å². The first-order valence-electron chi connectivity index (χ1n) is 7.95. The first-order valence-corrected chi connectivity index (χ1v) is 7.95. The average molecular weight is 349 g/mol. The number of halogens is 1. The number of amides is 1. The van der Waals surface area contributed by atoms with Gasteiger partial charge in [-0.1, -0.05) is 30.3 Å². The molecule has 0 atom stereocenters. The SMILES string of the molecule is O=C(COc1ccccc1F)Nc1ccc(N=Nc2ccccc2)cc1. The van der Waals surface area contributed by atoms with Gasteiger partial charge in [-0.3, -0.25) is 4.79 Å². The van der Waals surface area contributed by atoms with Crippen LogP contribution in [0.25, 0.3) is 0 Å². The smallest absolute Gasteiger partial charge is 0.262 e. The van der Waals surface area contributed by atoms with E-state index in [1.165, 1.54) is 12.1 Å². The largest absolute Gasteiger partial charge is 0.481 e. The predicted molar refractivity (Wildman–Crippen MR) is 97.6 cm³/mol. The van der Waals surface area contributed by atoms with Gasteiger partial charge < -0.3 is 10.1 Å². The molecule has 0 unspecified atom stereocenters. The fraction of sp³-hybridized carbons (Fsp3) is 0.0500. The summed E-state index contributed by atoms with van der Waals surface area (Å²) in [5, 5.41) is 10.9. The van der Waals surface area contributed by atoms with Gasteiger partial charge in [0.15, 0.2) is 18.2 Å². The number of para-hydroxylation sites is 1. The van der Waals surface area contributed by atoms with Crippen LogP contribution in [-0.4, -0.2) is 12.5 Å². The van der Waals surface area contributed by atoms with E-state index in [9.17, 15) is 9.18 Å². The van der Waals surface area contributed by atoms with Crippen LogP contribution in [0.5, 0.6) is 5.75 Å². The lowest BCUT2D eigenvalue weighted by molar-refractivity contribution is -0.118. The highest BCUT2D eigenvalue weighted by Crippen LogP contribution is 2.20. The summed E-state index contributed by atoms with van der Waals surface area (Å²) < 4.78 is 18.6. The lowest BCUT2D eigenvalue weighted by Gasteiger charge is -2.08. The number of benzene rings is 3. The normalized spacial score (nSPS) is 10.7. The van der Waals surface area contributed by atoms with Crippen molar-refractivity contribution in [3.8, 4) is 5.75 Å². The fourth-order valence-electron chi connectivity index (χ4n) is 2.12. The highest BCUT2D eigenvalue weighted by atomic mass is 19.1. The summed E-state index contributed by atoms with van der Waals surface area (Å²) in [7, 11) is 0. The Morgan fingerprint density at radius 3 is 2.15 bits per heavy atom. The fourth-order valence-corrected chi connectivity index (χ4v) is 2.12. The molecule has 6 heteroatoms. The Balaban J connectivity index is 1.53. The van der Waals surface area contributed by atoms with Crippen LogP contribution in [0.4, 0.5) is 21.5 Å². The van der Waals surface area contributed by atoms with E-state index in [2.05, 4.69) is 15.5 Å². The second-order valence-corrected chi connectivity index (χ2v) is 5.35. The van der Waals surface area contributed by atoms with Gasteiger partial charge in [0.2, 0.25) is 0 Å². The number of hydrogen-bond donors (Lipinski definition) is 1. The molecule has 0 aliphatic rings. The molecule has 0 saturated heterocycles. The van der Waals surface area contributed by atoms with E-state index in [0.717, 1.165) is 5.69 Å². The Kier molecular flexibility index (Phi) is 5.67. The molecule has 26 heavy (non-hydrogen) atoms. The predicted octanol–water partition coefficient (Wildman–Crippen LogP) is 5.26. The Hall–Kier alpha value is -3.54. The van der Waals surface area contributed by atoms with Crippen molar-refractivity contribution in [3.05, 3.63) is 84.7 Å². The maximum absolute atomic E-state index is 13.4. The van der Waals surface area contributed by atoms with Crippen LogP contribution in [-0.2, 0) is 4.79 Å². The maximum Gasteiger partial charge on any atom is 0.262 e. The number of rotatable bonds is 6. The molecule has 0 heterocycles. The molecule has 3 aromatic rings. The molecule has 0 aromatic heterocycles. The van der Waals surface area contributed by atoms with E-state index in [1.807, 2.05) is 30.3 Å². The van der Waals surface area contributed by atoms with Crippen molar-refractivity contribution in [2.75, 3.05) is 11.9 Å². The summed E-state index contributed by atoms with van der Waals surface area (Å²) in [5.41, 5.74) is 2.01. The molecular weight excluding hydrogens is 333 g/mol. The van der Waals surface area contributed by atoms with Crippen LogP contribution >= 0.6 is 0 Å². The third-order valence-electron chi connectivity index (χ3n) is 3.38. The quantitative estimate of drug-likeness (QED) is 0.617. The van der Waals surface area contributed by atoms with Crippen LogP contribution in [0.1, 0.15) is 0 Å². The third kappa shape index (κ3) is 4.98. The molecule has 3 rings (SSSR count). The standard InChI is InChI=1S/C20H16FN3O2/c21-18-8-4-5-9-19(18)26-14-20(25)22-15-10-12-17(13-11-15)24-23-16-6-2-1-3-7-16/h1-13H,14H2,(H,22,25). The minimum absolute atomic E-state index is 0.0410. The third-order valence-corrected chi connectivity index (χ3v) is 3.38. The Morgan fingerprint density at radius 2 is 1.46 bits per heavy atom. The molecule has 130 valence electrons. The van der Waals surface area contributed by atoms with Gasteiger partial charge in [-0.2, -0.15) is 10.2 Å². The number of anilines is 1. The first kappa shape index (κ1) is 17.3. The van der Waals surface area contributed by atoms with Gasteiger partial charge in [-0.15, -0.1) is 0 Å². The zero-order valence-electron chi connectivity index (χ0n) is 13.8. The molecule has 0 aliphatic heterocycles. The second-order valence-electron chi connectivity index (χ2n) is 5.35. The number of ether oxygens (including phenoxy) is 1. The van der Waals surface area contributed by atoms with Crippen LogP contribution < -0.4 is 10.1 Å². The summed E-state index contributed by atoms with van der Waals surface area (Å²) in [6.07, 6.45) is 0. The van der Waals surface area contributed by atoms with Gasteiger partial charge in [0.1, 0.15) is 0 Å². The summed E-state index contributed by atoms with van der Waals surface area (Å²) in [6.45, 7) is -0.281. The lowest BCUT2D eigenvalue weighted by atomic mass is 10.3. The average Bonchev–Trinajstić information content (AvgIpc) is 2.68. The number of carbonyl (C=O) groups is 1. The number of nitrogens with zero attached hydrogens (tertiary/aromatic N) is 2. The van der Waals surface area contributed by atoms with Crippen LogP contribution in [0.2, 0.25) is 0 Å². The van der Waals surface area contributed by atoms with Crippen molar-refractivity contribution < 1.29 is 13.9 Å². The zero-order chi connectivity index (χ0) is 18.2. The molecule has 0 radical (unpaired) electrons. The van der Waals surface area contributed by atoms with Crippen LogP contribution in [0.15, 0.2) is 89.1 Å². The summed E-state index contributed by atoms with van der Waals surface area (Å²) in [6, 6.07) is 22.2. The van der Waals surface area contributed by atoms with Gasteiger partial charge in [0, 0.05) is 5.69 Å². The Labute approximate surface area is 150 Å². The molecule has 0 aliphatic carbocycles. The molecular formula is C20H16FN3O2. The summed E-state index contributed by atoms with van der Waals surface area (Å²) >= 11 is 0. The second kappa shape index (κ2) is 8.53. The molecule has 0 spiro atoms. The zero-order valence-corrected chi connectivity index (χ0v) is 13.8. The topological polar surface area (TPSA) is 63.0 Å². The van der Waals surface area contributed by atoms with Gasteiger partial charge in [-0.25, -0.2) is 4.39 Å². The van der Waals surface area contributed by atoms with Gasteiger partial charge in [0.05, 0.1) is 11.4 Å². The molecule has 0 saturated carbocycles. The monoisotopic (exact) mass is 349 g/mol. The Morgan fingerprint density at radius 1 is 0.846 bits per heavy atom. The number of azo groups is 1. The maximum atomic E-state index is 13.4. The van der Waals surface area contributed by atoms with Crippen LogP contribution in [0, 0.1) is 5.82 Å². The summed E-state index contributed by atoms with van der Waals surface area (Å²) in [4.78, 5) is 11.9. The van der Waals surface area contributed by atoms with Crippen molar-refractivity contribution >= 4 is 23.0 Å². The molecule has 0 fully saturated rings. The van der Waals surface area contributed by atoms with Crippen molar-refractivity contribution in [2.45, 2.75) is 0 Å². The highest BCUT2D eigenvalue weighted by Gasteiger charge is 2.06. The van der Waals surface area contributed by atoms with E-state index in [1.54, 1.807) is 36.4 Å². The molecule has 0 bridgehead atoms. The van der Waals surface area contributed by atoms with Crippen molar-refractivity contribution in [1.29, 1.82) is 0 Å². The van der Waals surface area contributed by atoms with Gasteiger partial charge in [-0.05, 0) is 48.5 Å². The minimum atomic E-state index is -0.506. The van der Waals surface area contributed by atoms with Crippen LogP contribution in [0.3, 0.4) is 0 Å². The van der Waals surface area contributed by atoms with E-state index in [-0.39, 0.29) is 18.3 Å². The van der Waals surface area contributed by atoms with Crippen molar-refractivity contribution in [2.24, 2.45) is 10.2 Å². The Bertz CT molecular complexity index is 896. The van der Waals surface area contributed by atoms with E-state index in [0.29, 0.717) is 11.4 Å². The molecule has 5 nitrogen and oxygen atoms in total. The van der Waals surface area contributed by atoms with Crippen molar-refractivity contribution in [1.82, 2.24) is 0 Å². The first-order chi connectivity index (χ1) is 12.7. The van der Waals surface area contributed by atoms with E-state index >= 15 is 0 Å². The molecule has 1 amide bonds. The van der Waals surface area contributed by atoms with E-state index in [4.69, 9.17) is 4.74 Å². The number of nitrogens with one attached hydrogen (secondary N) is 1. The highest BCUT2D eigenvalue weighted by molar-refractivity contribution is 5.92. The summed E-state index contributed by atoms with van der Waals surface area (Å²) in [5.74, 6) is -0.848. The lowest BCUT2D eigenvalue weighted by Crippen LogP contribution is -2.20. The van der Waals surface area contributed by atoms with Gasteiger partial charge >= 0.3 is 0 Å². The van der Waals surface area contributed by atoms with Crippen molar-refractivity contribution in [3.63, 3.8) is 0 Å². The number of carbonyl (C=O) groups excluding carboxylic acids is 1.